The highest BCUT2D eigenvalue weighted by molar-refractivity contribution is 5.77. The summed E-state index contributed by atoms with van der Waals surface area (Å²) in [6.07, 6.45) is 0.892. The molecule has 0 spiro atoms. The molecule has 4 nitrogen and oxygen atoms in total. The van der Waals surface area contributed by atoms with E-state index in [9.17, 15) is 4.79 Å². The van der Waals surface area contributed by atoms with Gasteiger partial charge in [0.15, 0.2) is 0 Å². The number of nitrogens with one attached hydrogen (secondary N) is 1. The molecule has 3 N–H and O–H groups in total. The molecule has 0 aliphatic heterocycles. The van der Waals surface area contributed by atoms with Crippen LogP contribution in [0.3, 0.4) is 0 Å². The molecule has 0 aromatic rings. The van der Waals surface area contributed by atoms with Crippen molar-refractivity contribution in [2.45, 2.75) is 39.3 Å². The summed E-state index contributed by atoms with van der Waals surface area (Å²) in [5, 5.41) is 2.79. The van der Waals surface area contributed by atoms with Gasteiger partial charge in [-0.05, 0) is 33.7 Å². The van der Waals surface area contributed by atoms with Crippen molar-refractivity contribution in [3.63, 3.8) is 0 Å². The third-order valence-corrected chi connectivity index (χ3v) is 1.55. The fourth-order valence-electron chi connectivity index (χ4n) is 0.881. The second-order valence-electron chi connectivity index (χ2n) is 3.41. The summed E-state index contributed by atoms with van der Waals surface area (Å²) in [5.41, 5.74) is 5.34. The number of ether oxygens (including phenoxy) is 1. The second kappa shape index (κ2) is 6.86. The fourth-order valence-corrected chi connectivity index (χ4v) is 0.881. The van der Waals surface area contributed by atoms with Crippen LogP contribution in [0.25, 0.3) is 0 Å². The molecular weight excluding hydrogens is 168 g/mol. The minimum atomic E-state index is -0.0744. The van der Waals surface area contributed by atoms with Gasteiger partial charge in [0.25, 0.3) is 0 Å². The average Bonchev–Trinajstić information content (AvgIpc) is 2.01. The maximum atomic E-state index is 11.2. The van der Waals surface area contributed by atoms with Crippen LogP contribution in [0, 0.1) is 0 Å². The molecule has 1 atom stereocenters. The van der Waals surface area contributed by atoms with E-state index in [2.05, 4.69) is 5.32 Å². The summed E-state index contributed by atoms with van der Waals surface area (Å²) in [4.78, 5) is 11.2. The smallest absolute Gasteiger partial charge is 0.246 e. The van der Waals surface area contributed by atoms with Gasteiger partial charge in [0.05, 0.1) is 6.10 Å². The molecule has 0 aliphatic rings. The Morgan fingerprint density at radius 1 is 1.46 bits per heavy atom. The molecular formula is C9H20N2O2. The highest BCUT2D eigenvalue weighted by Gasteiger charge is 2.06. The first-order valence-electron chi connectivity index (χ1n) is 4.67. The molecule has 13 heavy (non-hydrogen) atoms. The molecule has 0 saturated carbocycles. The summed E-state index contributed by atoms with van der Waals surface area (Å²) in [6, 6.07) is 0.133. The quantitative estimate of drug-likeness (QED) is 0.628. The van der Waals surface area contributed by atoms with E-state index >= 15 is 0 Å². The Bertz CT molecular complexity index is 149. The van der Waals surface area contributed by atoms with E-state index in [0.29, 0.717) is 6.54 Å². The van der Waals surface area contributed by atoms with Crippen LogP contribution < -0.4 is 11.1 Å². The lowest BCUT2D eigenvalue weighted by molar-refractivity contribution is -0.127. The zero-order valence-electron chi connectivity index (χ0n) is 8.67. The van der Waals surface area contributed by atoms with Crippen LogP contribution in [0.4, 0.5) is 0 Å². The molecule has 4 heteroatoms. The van der Waals surface area contributed by atoms with Crippen molar-refractivity contribution in [3.05, 3.63) is 0 Å². The first-order chi connectivity index (χ1) is 6.06. The molecule has 0 aromatic carbocycles. The predicted molar refractivity (Wildman–Crippen MR) is 52.4 cm³/mol. The van der Waals surface area contributed by atoms with Gasteiger partial charge in [-0.3, -0.25) is 4.79 Å². The highest BCUT2D eigenvalue weighted by Crippen LogP contribution is 1.90. The van der Waals surface area contributed by atoms with Crippen LogP contribution in [0.1, 0.15) is 27.2 Å². The lowest BCUT2D eigenvalue weighted by Gasteiger charge is -2.13. The van der Waals surface area contributed by atoms with E-state index in [0.717, 1.165) is 6.42 Å². The molecule has 0 aromatic heterocycles. The van der Waals surface area contributed by atoms with Gasteiger partial charge in [-0.2, -0.15) is 0 Å². The monoisotopic (exact) mass is 188 g/mol. The summed E-state index contributed by atoms with van der Waals surface area (Å²) in [5.74, 6) is -0.0744. The SMILES string of the molecule is CC(CCN)NC(=O)COC(C)C. The van der Waals surface area contributed by atoms with E-state index in [1.165, 1.54) is 0 Å². The Morgan fingerprint density at radius 2 is 2.08 bits per heavy atom. The Labute approximate surface area is 79.8 Å². The van der Waals surface area contributed by atoms with E-state index in [-0.39, 0.29) is 24.7 Å². The lowest BCUT2D eigenvalue weighted by Crippen LogP contribution is -2.36. The standard InChI is InChI=1S/C9H20N2O2/c1-7(2)13-6-9(12)11-8(3)4-5-10/h7-8H,4-6,10H2,1-3H3,(H,11,12). The first kappa shape index (κ1) is 12.4. The van der Waals surface area contributed by atoms with Gasteiger partial charge in [-0.25, -0.2) is 0 Å². The van der Waals surface area contributed by atoms with Crippen LogP contribution in [0.15, 0.2) is 0 Å². The maximum Gasteiger partial charge on any atom is 0.246 e. The number of nitrogens with two attached hydrogens (primary N) is 1. The van der Waals surface area contributed by atoms with Crippen LogP contribution in [0.2, 0.25) is 0 Å². The van der Waals surface area contributed by atoms with Gasteiger partial charge in [0.1, 0.15) is 6.61 Å². The van der Waals surface area contributed by atoms with Gasteiger partial charge >= 0.3 is 0 Å². The lowest BCUT2D eigenvalue weighted by atomic mass is 10.2. The highest BCUT2D eigenvalue weighted by atomic mass is 16.5. The van der Waals surface area contributed by atoms with Gasteiger partial charge in [-0.15, -0.1) is 0 Å². The molecule has 0 bridgehead atoms. The van der Waals surface area contributed by atoms with Crippen molar-refractivity contribution in [3.8, 4) is 0 Å². The number of rotatable bonds is 6. The van der Waals surface area contributed by atoms with Gasteiger partial charge < -0.3 is 15.8 Å². The molecule has 1 amide bonds. The van der Waals surface area contributed by atoms with E-state index in [1.807, 2.05) is 20.8 Å². The number of hydrogen-bond acceptors (Lipinski definition) is 3. The fraction of sp³-hybridized carbons (Fsp3) is 0.889. The third kappa shape index (κ3) is 7.74. The third-order valence-electron chi connectivity index (χ3n) is 1.55. The molecule has 78 valence electrons. The summed E-state index contributed by atoms with van der Waals surface area (Å²) < 4.78 is 5.14. The molecule has 0 radical (unpaired) electrons. The number of carbonyl (C=O) groups is 1. The topological polar surface area (TPSA) is 64.3 Å². The van der Waals surface area contributed by atoms with Crippen LogP contribution in [0.5, 0.6) is 0 Å². The summed E-state index contributed by atoms with van der Waals surface area (Å²) >= 11 is 0. The molecule has 0 saturated heterocycles. The Morgan fingerprint density at radius 3 is 2.54 bits per heavy atom. The van der Waals surface area contributed by atoms with Crippen LogP contribution >= 0.6 is 0 Å². The predicted octanol–water partition coefficient (Wildman–Crippen LogP) is 0.265. The normalized spacial score (nSPS) is 13.0. The minimum absolute atomic E-state index is 0.0744. The van der Waals surface area contributed by atoms with E-state index in [1.54, 1.807) is 0 Å². The van der Waals surface area contributed by atoms with Crippen LogP contribution in [-0.2, 0) is 9.53 Å². The molecule has 0 rings (SSSR count). The molecule has 0 fully saturated rings. The molecule has 0 aliphatic carbocycles. The second-order valence-corrected chi connectivity index (χ2v) is 3.41. The number of amides is 1. The maximum absolute atomic E-state index is 11.2. The van der Waals surface area contributed by atoms with Crippen molar-refractivity contribution in [1.82, 2.24) is 5.32 Å². The molecule has 1 unspecified atom stereocenters. The Hall–Kier alpha value is -0.610. The number of hydrogen-bond donors (Lipinski definition) is 2. The van der Waals surface area contributed by atoms with Crippen molar-refractivity contribution < 1.29 is 9.53 Å². The Kier molecular flexibility index (Phi) is 6.54. The summed E-state index contributed by atoms with van der Waals surface area (Å²) in [7, 11) is 0. The summed E-state index contributed by atoms with van der Waals surface area (Å²) in [6.45, 7) is 6.45. The van der Waals surface area contributed by atoms with Crippen molar-refractivity contribution in [2.75, 3.05) is 13.2 Å². The Balaban J connectivity index is 3.50. The van der Waals surface area contributed by atoms with Crippen LogP contribution in [-0.4, -0.2) is 31.2 Å². The zero-order valence-corrected chi connectivity index (χ0v) is 8.67. The van der Waals surface area contributed by atoms with E-state index < -0.39 is 0 Å². The van der Waals surface area contributed by atoms with Crippen molar-refractivity contribution >= 4 is 5.91 Å². The van der Waals surface area contributed by atoms with Gasteiger partial charge in [-0.1, -0.05) is 0 Å². The largest absolute Gasteiger partial charge is 0.369 e. The van der Waals surface area contributed by atoms with Gasteiger partial charge in [0, 0.05) is 6.04 Å². The van der Waals surface area contributed by atoms with Gasteiger partial charge in [0.2, 0.25) is 5.91 Å². The average molecular weight is 188 g/mol. The first-order valence-corrected chi connectivity index (χ1v) is 4.67. The van der Waals surface area contributed by atoms with E-state index in [4.69, 9.17) is 10.5 Å². The number of carbonyl (C=O) groups excluding carboxylic acids is 1. The van der Waals surface area contributed by atoms with Crippen molar-refractivity contribution in [2.24, 2.45) is 5.73 Å². The minimum Gasteiger partial charge on any atom is -0.369 e. The van der Waals surface area contributed by atoms with Crippen molar-refractivity contribution in [1.29, 1.82) is 0 Å². The zero-order chi connectivity index (χ0) is 10.3. The molecule has 0 heterocycles.